The number of hydrogen-bond donors (Lipinski definition) is 2. The molecule has 0 bridgehead atoms. The van der Waals surface area contributed by atoms with Crippen LogP contribution in [0.25, 0.3) is 0 Å². The quantitative estimate of drug-likeness (QED) is 0.532. The zero-order chi connectivity index (χ0) is 14.4. The molecule has 1 aliphatic carbocycles. The Balaban J connectivity index is 1.99. The van der Waals surface area contributed by atoms with Crippen LogP contribution in [0.5, 0.6) is 0 Å². The van der Waals surface area contributed by atoms with Crippen molar-refractivity contribution in [3.8, 4) is 0 Å². The normalized spacial score (nSPS) is 15.9. The molecule has 1 aliphatic rings. The molecule has 4 nitrogen and oxygen atoms in total. The first-order valence-electron chi connectivity index (χ1n) is 7.62. The molecule has 2 rings (SSSR count). The Labute approximate surface area is 126 Å². The van der Waals surface area contributed by atoms with Crippen molar-refractivity contribution in [1.82, 2.24) is 9.97 Å². The third-order valence-corrected chi connectivity index (χ3v) is 4.37. The van der Waals surface area contributed by atoms with Crippen LogP contribution in [0.4, 0.5) is 11.6 Å². The highest BCUT2D eigenvalue weighted by Crippen LogP contribution is 2.49. The predicted octanol–water partition coefficient (Wildman–Crippen LogP) is 4.01. The van der Waals surface area contributed by atoms with Crippen molar-refractivity contribution in [3.63, 3.8) is 0 Å². The second kappa shape index (κ2) is 7.16. The third kappa shape index (κ3) is 4.27. The summed E-state index contributed by atoms with van der Waals surface area (Å²) in [5, 5.41) is 7.69. The van der Waals surface area contributed by atoms with Gasteiger partial charge in [0.2, 0.25) is 0 Å². The van der Waals surface area contributed by atoms with Crippen LogP contribution in [0.2, 0.25) is 0 Å². The fourth-order valence-corrected chi connectivity index (χ4v) is 2.83. The maximum Gasteiger partial charge on any atom is 0.191 e. The molecule has 1 saturated carbocycles. The highest BCUT2D eigenvalue weighted by atomic mass is 32.2. The van der Waals surface area contributed by atoms with Gasteiger partial charge in [0.05, 0.1) is 0 Å². The largest absolute Gasteiger partial charge is 0.370 e. The Hall–Kier alpha value is -0.970. The van der Waals surface area contributed by atoms with Gasteiger partial charge in [0.15, 0.2) is 5.16 Å². The topological polar surface area (TPSA) is 49.8 Å². The summed E-state index contributed by atoms with van der Waals surface area (Å²) in [5.41, 5.74) is 0.538. The van der Waals surface area contributed by atoms with E-state index in [0.717, 1.165) is 36.3 Å². The van der Waals surface area contributed by atoms with Gasteiger partial charge in [0.1, 0.15) is 11.6 Å². The molecule has 112 valence electrons. The van der Waals surface area contributed by atoms with Crippen molar-refractivity contribution >= 4 is 23.4 Å². The van der Waals surface area contributed by atoms with Crippen LogP contribution in [0.1, 0.15) is 46.0 Å². The molecule has 0 amide bonds. The van der Waals surface area contributed by atoms with Crippen LogP contribution in [0, 0.1) is 5.41 Å². The van der Waals surface area contributed by atoms with Gasteiger partial charge in [-0.3, -0.25) is 0 Å². The zero-order valence-corrected chi connectivity index (χ0v) is 13.6. The van der Waals surface area contributed by atoms with Crippen LogP contribution in [-0.2, 0) is 0 Å². The lowest BCUT2D eigenvalue weighted by Crippen LogP contribution is -2.16. The molecule has 0 saturated heterocycles. The molecule has 20 heavy (non-hydrogen) atoms. The first-order valence-corrected chi connectivity index (χ1v) is 8.84. The van der Waals surface area contributed by atoms with Crippen molar-refractivity contribution in [3.05, 3.63) is 6.07 Å². The van der Waals surface area contributed by atoms with Crippen LogP contribution in [0.15, 0.2) is 11.2 Å². The first-order chi connectivity index (χ1) is 9.71. The Morgan fingerprint density at radius 1 is 1.15 bits per heavy atom. The van der Waals surface area contributed by atoms with Gasteiger partial charge in [-0.15, -0.1) is 0 Å². The number of rotatable bonds is 9. The molecular formula is C15H26N4S. The van der Waals surface area contributed by atoms with Gasteiger partial charge in [0, 0.05) is 19.2 Å². The van der Waals surface area contributed by atoms with E-state index >= 15 is 0 Å². The fourth-order valence-electron chi connectivity index (χ4n) is 2.45. The second-order valence-corrected chi connectivity index (χ2v) is 6.43. The van der Waals surface area contributed by atoms with E-state index < -0.39 is 0 Å². The van der Waals surface area contributed by atoms with E-state index in [1.807, 2.05) is 12.3 Å². The van der Waals surface area contributed by atoms with Gasteiger partial charge in [0.25, 0.3) is 0 Å². The fraction of sp³-hybridized carbons (Fsp3) is 0.733. The van der Waals surface area contributed by atoms with Gasteiger partial charge in [-0.25, -0.2) is 9.97 Å². The van der Waals surface area contributed by atoms with Gasteiger partial charge >= 0.3 is 0 Å². The minimum absolute atomic E-state index is 0.538. The highest BCUT2D eigenvalue weighted by molar-refractivity contribution is 7.98. The van der Waals surface area contributed by atoms with Crippen LogP contribution in [-0.4, -0.2) is 29.3 Å². The van der Waals surface area contributed by atoms with Crippen molar-refractivity contribution in [2.75, 3.05) is 30.0 Å². The Bertz CT molecular complexity index is 432. The Morgan fingerprint density at radius 2 is 1.85 bits per heavy atom. The number of thioether (sulfide) groups is 1. The van der Waals surface area contributed by atoms with Gasteiger partial charge in [-0.1, -0.05) is 32.0 Å². The summed E-state index contributed by atoms with van der Waals surface area (Å²) in [6.45, 7) is 6.41. The van der Waals surface area contributed by atoms with E-state index in [9.17, 15) is 0 Å². The maximum absolute atomic E-state index is 4.55. The minimum atomic E-state index is 0.538. The molecule has 5 heteroatoms. The summed E-state index contributed by atoms with van der Waals surface area (Å²) in [4.78, 5) is 9.04. The van der Waals surface area contributed by atoms with Gasteiger partial charge < -0.3 is 10.6 Å². The van der Waals surface area contributed by atoms with Crippen molar-refractivity contribution in [2.45, 2.75) is 51.1 Å². The Kier molecular flexibility index (Phi) is 5.52. The molecule has 0 radical (unpaired) electrons. The van der Waals surface area contributed by atoms with Crippen molar-refractivity contribution in [1.29, 1.82) is 0 Å². The second-order valence-electron chi connectivity index (χ2n) is 5.66. The SMILES string of the molecule is CCCNc1cc(NCC2(CCC)CC2)nc(SC)n1. The molecule has 0 spiro atoms. The lowest BCUT2D eigenvalue weighted by molar-refractivity contribution is 0.485. The van der Waals surface area contributed by atoms with E-state index in [-0.39, 0.29) is 0 Å². The number of nitrogens with one attached hydrogen (secondary N) is 2. The predicted molar refractivity (Wildman–Crippen MR) is 87.7 cm³/mol. The van der Waals surface area contributed by atoms with Gasteiger partial charge in [-0.05, 0) is 37.4 Å². The Morgan fingerprint density at radius 3 is 2.40 bits per heavy atom. The lowest BCUT2D eigenvalue weighted by Gasteiger charge is -2.16. The molecule has 2 N–H and O–H groups in total. The zero-order valence-electron chi connectivity index (χ0n) is 12.8. The number of nitrogens with zero attached hydrogens (tertiary/aromatic N) is 2. The molecule has 1 fully saturated rings. The number of anilines is 2. The average molecular weight is 294 g/mol. The molecule has 1 aromatic heterocycles. The van der Waals surface area contributed by atoms with E-state index in [0.29, 0.717) is 5.41 Å². The number of hydrogen-bond acceptors (Lipinski definition) is 5. The molecule has 1 heterocycles. The van der Waals surface area contributed by atoms with E-state index in [1.54, 1.807) is 11.8 Å². The van der Waals surface area contributed by atoms with E-state index in [4.69, 9.17) is 0 Å². The molecule has 0 aromatic carbocycles. The highest BCUT2D eigenvalue weighted by Gasteiger charge is 2.41. The third-order valence-electron chi connectivity index (χ3n) is 3.83. The number of aromatic nitrogens is 2. The van der Waals surface area contributed by atoms with Crippen molar-refractivity contribution < 1.29 is 0 Å². The summed E-state index contributed by atoms with van der Waals surface area (Å²) >= 11 is 1.59. The lowest BCUT2D eigenvalue weighted by atomic mass is 10.0. The van der Waals surface area contributed by atoms with Crippen LogP contribution in [0.3, 0.4) is 0 Å². The first kappa shape index (κ1) is 15.4. The van der Waals surface area contributed by atoms with Crippen molar-refractivity contribution in [2.24, 2.45) is 5.41 Å². The van der Waals surface area contributed by atoms with Gasteiger partial charge in [-0.2, -0.15) is 0 Å². The molecule has 0 atom stereocenters. The minimum Gasteiger partial charge on any atom is -0.370 e. The van der Waals surface area contributed by atoms with Crippen LogP contribution < -0.4 is 10.6 Å². The van der Waals surface area contributed by atoms with Crippen LogP contribution >= 0.6 is 11.8 Å². The van der Waals surface area contributed by atoms with E-state index in [1.165, 1.54) is 25.7 Å². The summed E-state index contributed by atoms with van der Waals surface area (Å²) in [5.74, 6) is 1.87. The average Bonchev–Trinajstić information content (AvgIpc) is 3.23. The van der Waals surface area contributed by atoms with E-state index in [2.05, 4.69) is 34.4 Å². The molecule has 0 unspecified atom stereocenters. The monoisotopic (exact) mass is 294 g/mol. The standard InChI is InChI=1S/C15H26N4S/c1-4-6-15(7-8-15)11-17-13-10-12(16-9-5-2)18-14(19-13)20-3/h10H,4-9,11H2,1-3H3,(H2,16,17,18,19). The molecule has 0 aliphatic heterocycles. The summed E-state index contributed by atoms with van der Waals surface area (Å²) in [6, 6.07) is 2.03. The smallest absolute Gasteiger partial charge is 0.191 e. The maximum atomic E-state index is 4.55. The molecular weight excluding hydrogens is 268 g/mol. The summed E-state index contributed by atoms with van der Waals surface area (Å²) in [7, 11) is 0. The summed E-state index contributed by atoms with van der Waals surface area (Å²) in [6.07, 6.45) is 8.42. The molecule has 1 aromatic rings. The summed E-state index contributed by atoms with van der Waals surface area (Å²) < 4.78 is 0.